The Kier molecular flexibility index (Phi) is 3.40. The van der Waals surface area contributed by atoms with Crippen LogP contribution in [-0.2, 0) is 6.54 Å². The fraction of sp³-hybridized carbons (Fsp3) is 0.167. The van der Waals surface area contributed by atoms with Gasteiger partial charge in [-0.15, -0.1) is 0 Å². The highest BCUT2D eigenvalue weighted by Gasteiger charge is 2.10. The summed E-state index contributed by atoms with van der Waals surface area (Å²) in [5.74, 6) is 1.09. The normalized spacial score (nSPS) is 9.94. The lowest BCUT2D eigenvalue weighted by atomic mass is 10.2. The van der Waals surface area contributed by atoms with Crippen LogP contribution in [0.5, 0.6) is 0 Å². The highest BCUT2D eigenvalue weighted by Crippen LogP contribution is 2.10. The molecule has 0 atom stereocenters. The number of aromatic nitrogens is 1. The van der Waals surface area contributed by atoms with E-state index in [0.717, 1.165) is 0 Å². The second-order valence-corrected chi connectivity index (χ2v) is 3.41. The first-order valence-corrected chi connectivity index (χ1v) is 5.24. The fourth-order valence-electron chi connectivity index (χ4n) is 1.46. The van der Waals surface area contributed by atoms with E-state index in [1.54, 1.807) is 37.7 Å². The van der Waals surface area contributed by atoms with Crippen molar-refractivity contribution in [2.24, 2.45) is 0 Å². The third-order valence-electron chi connectivity index (χ3n) is 2.29. The minimum atomic E-state index is -0.182. The molecular formula is C12H13N3O2. The summed E-state index contributed by atoms with van der Waals surface area (Å²) < 4.78 is 5.13. The van der Waals surface area contributed by atoms with Crippen molar-refractivity contribution in [3.05, 3.63) is 48.0 Å². The van der Waals surface area contributed by atoms with Gasteiger partial charge in [-0.25, -0.2) is 4.98 Å². The van der Waals surface area contributed by atoms with Crippen LogP contribution >= 0.6 is 0 Å². The maximum atomic E-state index is 11.9. The fourth-order valence-corrected chi connectivity index (χ4v) is 1.46. The number of amides is 1. The molecule has 0 saturated carbocycles. The van der Waals surface area contributed by atoms with Crippen LogP contribution in [0.4, 0.5) is 5.82 Å². The first-order chi connectivity index (χ1) is 8.31. The molecule has 0 fully saturated rings. The van der Waals surface area contributed by atoms with Gasteiger partial charge in [-0.05, 0) is 24.3 Å². The van der Waals surface area contributed by atoms with Crippen molar-refractivity contribution >= 4 is 11.7 Å². The number of rotatable bonds is 4. The number of hydrogen-bond acceptors (Lipinski definition) is 4. The molecule has 2 N–H and O–H groups in total. The number of furan rings is 1. The van der Waals surface area contributed by atoms with Crippen molar-refractivity contribution in [2.75, 3.05) is 12.4 Å². The number of carbonyl (C=O) groups excluding carboxylic acids is 1. The lowest BCUT2D eigenvalue weighted by Crippen LogP contribution is -2.23. The van der Waals surface area contributed by atoms with Crippen molar-refractivity contribution in [1.29, 1.82) is 0 Å². The van der Waals surface area contributed by atoms with E-state index >= 15 is 0 Å². The van der Waals surface area contributed by atoms with Crippen LogP contribution in [0.15, 0.2) is 41.1 Å². The summed E-state index contributed by atoms with van der Waals surface area (Å²) in [6.07, 6.45) is 3.21. The molecule has 17 heavy (non-hydrogen) atoms. The Bertz CT molecular complexity index is 494. The second kappa shape index (κ2) is 5.16. The Morgan fingerprint density at radius 1 is 1.41 bits per heavy atom. The zero-order valence-corrected chi connectivity index (χ0v) is 9.43. The summed E-state index contributed by atoms with van der Waals surface area (Å²) in [7, 11) is 1.73. The van der Waals surface area contributed by atoms with E-state index in [2.05, 4.69) is 15.6 Å². The monoisotopic (exact) mass is 231 g/mol. The molecule has 5 heteroatoms. The molecular weight excluding hydrogens is 218 g/mol. The highest BCUT2D eigenvalue weighted by molar-refractivity contribution is 5.98. The molecule has 2 heterocycles. The third-order valence-corrected chi connectivity index (χ3v) is 2.29. The SMILES string of the molecule is CNc1ncccc1C(=O)NCc1ccco1. The molecule has 1 amide bonds. The van der Waals surface area contributed by atoms with E-state index in [4.69, 9.17) is 4.42 Å². The second-order valence-electron chi connectivity index (χ2n) is 3.41. The summed E-state index contributed by atoms with van der Waals surface area (Å²) in [5, 5.41) is 5.64. The van der Waals surface area contributed by atoms with Gasteiger partial charge in [-0.2, -0.15) is 0 Å². The Balaban J connectivity index is 2.04. The van der Waals surface area contributed by atoms with Gasteiger partial charge in [0, 0.05) is 13.2 Å². The maximum Gasteiger partial charge on any atom is 0.255 e. The van der Waals surface area contributed by atoms with Crippen molar-refractivity contribution in [2.45, 2.75) is 6.54 Å². The van der Waals surface area contributed by atoms with Gasteiger partial charge in [-0.3, -0.25) is 4.79 Å². The van der Waals surface area contributed by atoms with Crippen molar-refractivity contribution < 1.29 is 9.21 Å². The number of hydrogen-bond donors (Lipinski definition) is 2. The highest BCUT2D eigenvalue weighted by atomic mass is 16.3. The number of anilines is 1. The predicted molar refractivity (Wildman–Crippen MR) is 63.7 cm³/mol. The van der Waals surface area contributed by atoms with Crippen LogP contribution < -0.4 is 10.6 Å². The molecule has 0 spiro atoms. The lowest BCUT2D eigenvalue weighted by Gasteiger charge is -2.07. The van der Waals surface area contributed by atoms with E-state index in [-0.39, 0.29) is 5.91 Å². The van der Waals surface area contributed by atoms with Crippen LogP contribution in [0, 0.1) is 0 Å². The lowest BCUT2D eigenvalue weighted by molar-refractivity contribution is 0.0948. The van der Waals surface area contributed by atoms with Gasteiger partial charge in [0.2, 0.25) is 0 Å². The van der Waals surface area contributed by atoms with Gasteiger partial charge in [0.1, 0.15) is 11.6 Å². The zero-order valence-electron chi connectivity index (χ0n) is 9.43. The van der Waals surface area contributed by atoms with Gasteiger partial charge in [0.25, 0.3) is 5.91 Å². The summed E-state index contributed by atoms with van der Waals surface area (Å²) in [6, 6.07) is 7.03. The van der Waals surface area contributed by atoms with E-state index in [1.165, 1.54) is 0 Å². The van der Waals surface area contributed by atoms with E-state index in [1.807, 2.05) is 6.07 Å². The van der Waals surface area contributed by atoms with Crippen molar-refractivity contribution in [3.8, 4) is 0 Å². The third kappa shape index (κ3) is 2.63. The molecule has 0 radical (unpaired) electrons. The minimum absolute atomic E-state index is 0.182. The Morgan fingerprint density at radius 2 is 2.29 bits per heavy atom. The first kappa shape index (κ1) is 11.2. The molecule has 2 aromatic heterocycles. The largest absolute Gasteiger partial charge is 0.467 e. The van der Waals surface area contributed by atoms with Crippen LogP contribution in [-0.4, -0.2) is 17.9 Å². The average molecular weight is 231 g/mol. The average Bonchev–Trinajstić information content (AvgIpc) is 2.89. The van der Waals surface area contributed by atoms with E-state index in [0.29, 0.717) is 23.7 Å². The standard InChI is InChI=1S/C12H13N3O2/c1-13-11-10(5-2-6-14-11)12(16)15-8-9-4-3-7-17-9/h2-7H,8H2,1H3,(H,13,14)(H,15,16). The number of nitrogens with zero attached hydrogens (tertiary/aromatic N) is 1. The molecule has 0 bridgehead atoms. The summed E-state index contributed by atoms with van der Waals surface area (Å²) in [4.78, 5) is 16.0. The summed E-state index contributed by atoms with van der Waals surface area (Å²) in [5.41, 5.74) is 0.515. The molecule has 88 valence electrons. The molecule has 0 aliphatic heterocycles. The zero-order chi connectivity index (χ0) is 12.1. The Labute approximate surface area is 98.9 Å². The summed E-state index contributed by atoms with van der Waals surface area (Å²) >= 11 is 0. The van der Waals surface area contributed by atoms with Gasteiger partial charge in [-0.1, -0.05) is 0 Å². The van der Waals surface area contributed by atoms with E-state index in [9.17, 15) is 4.79 Å². The van der Waals surface area contributed by atoms with Gasteiger partial charge >= 0.3 is 0 Å². The molecule has 0 aliphatic carbocycles. The Hall–Kier alpha value is -2.30. The smallest absolute Gasteiger partial charge is 0.255 e. The molecule has 2 aromatic rings. The van der Waals surface area contributed by atoms with Crippen LogP contribution in [0.25, 0.3) is 0 Å². The molecule has 0 aromatic carbocycles. The summed E-state index contributed by atoms with van der Waals surface area (Å²) in [6.45, 7) is 0.365. The molecule has 5 nitrogen and oxygen atoms in total. The number of carbonyl (C=O) groups is 1. The molecule has 0 aliphatic rings. The van der Waals surface area contributed by atoms with Crippen LogP contribution in [0.1, 0.15) is 16.1 Å². The number of nitrogens with one attached hydrogen (secondary N) is 2. The number of pyridine rings is 1. The quantitative estimate of drug-likeness (QED) is 0.839. The molecule has 0 unspecified atom stereocenters. The Morgan fingerprint density at radius 3 is 3.00 bits per heavy atom. The maximum absolute atomic E-state index is 11.9. The van der Waals surface area contributed by atoms with Crippen LogP contribution in [0.3, 0.4) is 0 Å². The van der Waals surface area contributed by atoms with E-state index < -0.39 is 0 Å². The predicted octanol–water partition coefficient (Wildman–Crippen LogP) is 1.65. The van der Waals surface area contributed by atoms with Crippen molar-refractivity contribution in [1.82, 2.24) is 10.3 Å². The van der Waals surface area contributed by atoms with Crippen LogP contribution in [0.2, 0.25) is 0 Å². The first-order valence-electron chi connectivity index (χ1n) is 5.24. The van der Waals surface area contributed by atoms with Gasteiger partial charge < -0.3 is 15.1 Å². The van der Waals surface area contributed by atoms with Gasteiger partial charge in [0.15, 0.2) is 0 Å². The van der Waals surface area contributed by atoms with Gasteiger partial charge in [0.05, 0.1) is 18.4 Å². The molecule has 0 saturated heterocycles. The van der Waals surface area contributed by atoms with Crippen molar-refractivity contribution in [3.63, 3.8) is 0 Å². The topological polar surface area (TPSA) is 67.2 Å². The molecule has 2 rings (SSSR count). The minimum Gasteiger partial charge on any atom is -0.467 e.